The Morgan fingerprint density at radius 1 is 1.21 bits per heavy atom. The Morgan fingerprint density at radius 2 is 1.95 bits per heavy atom. The van der Waals surface area contributed by atoms with Crippen LogP contribution in [0.2, 0.25) is 0 Å². The molecule has 2 aliphatic rings. The molecule has 2 aliphatic heterocycles. The number of carbonyl (C=O) groups is 1. The smallest absolute Gasteiger partial charge is 0.320 e. The molecule has 2 N–H and O–H groups in total. The summed E-state index contributed by atoms with van der Waals surface area (Å²) in [7, 11) is 0. The summed E-state index contributed by atoms with van der Waals surface area (Å²) in [5.41, 5.74) is 2.18. The lowest BCUT2D eigenvalue weighted by Gasteiger charge is -2.33. The van der Waals surface area contributed by atoms with E-state index in [1.807, 2.05) is 23.1 Å². The molecular weight excluding hydrogens is 262 g/mol. The number of halogens is 1. The molecule has 3 rings (SSSR count). The topological polar surface area (TPSA) is 44.4 Å². The van der Waals surface area contributed by atoms with Crippen LogP contribution in [0.5, 0.6) is 0 Å². The van der Waals surface area contributed by atoms with Gasteiger partial charge in [-0.05, 0) is 43.5 Å². The molecule has 4 nitrogen and oxygen atoms in total. The average Bonchev–Trinajstić information content (AvgIpc) is 2.41. The molecule has 2 amide bonds. The molecule has 0 aromatic heterocycles. The number of benzene rings is 1. The van der Waals surface area contributed by atoms with E-state index in [9.17, 15) is 4.79 Å². The van der Waals surface area contributed by atoms with Gasteiger partial charge in [0, 0.05) is 18.8 Å². The maximum Gasteiger partial charge on any atom is 0.322 e. The minimum Gasteiger partial charge on any atom is -0.320 e. The van der Waals surface area contributed by atoms with Crippen molar-refractivity contribution in [2.75, 3.05) is 25.0 Å². The molecule has 1 aromatic carbocycles. The third kappa shape index (κ3) is 3.19. The van der Waals surface area contributed by atoms with Gasteiger partial charge in [0.15, 0.2) is 0 Å². The summed E-state index contributed by atoms with van der Waals surface area (Å²) in [5, 5.41) is 6.33. The van der Waals surface area contributed by atoms with Crippen molar-refractivity contribution < 1.29 is 4.79 Å². The highest BCUT2D eigenvalue weighted by atomic mass is 35.5. The van der Waals surface area contributed by atoms with Crippen LogP contribution >= 0.6 is 12.4 Å². The number of carbonyl (C=O) groups excluding carboxylic acids is 1. The van der Waals surface area contributed by atoms with E-state index in [1.165, 1.54) is 18.4 Å². The second-order valence-electron chi connectivity index (χ2n) is 5.16. The zero-order valence-electron chi connectivity index (χ0n) is 10.9. The molecule has 0 saturated carbocycles. The van der Waals surface area contributed by atoms with E-state index in [4.69, 9.17) is 0 Å². The highest BCUT2D eigenvalue weighted by Gasteiger charge is 2.25. The molecule has 1 saturated heterocycles. The number of para-hydroxylation sites is 1. The normalized spacial score (nSPS) is 19.4. The van der Waals surface area contributed by atoms with Gasteiger partial charge in [-0.1, -0.05) is 18.2 Å². The van der Waals surface area contributed by atoms with Crippen LogP contribution in [0, 0.1) is 5.92 Å². The van der Waals surface area contributed by atoms with Crippen molar-refractivity contribution in [1.29, 1.82) is 0 Å². The van der Waals surface area contributed by atoms with E-state index in [-0.39, 0.29) is 18.4 Å². The molecule has 104 valence electrons. The molecule has 2 heterocycles. The minimum absolute atomic E-state index is 0. The molecule has 0 aliphatic carbocycles. The zero-order chi connectivity index (χ0) is 12.4. The maximum atomic E-state index is 12.0. The number of fused-ring (bicyclic) bond motifs is 1. The Kier molecular flexibility index (Phi) is 4.66. The first-order valence-corrected chi connectivity index (χ1v) is 6.67. The predicted molar refractivity (Wildman–Crippen MR) is 78.7 cm³/mol. The summed E-state index contributed by atoms with van der Waals surface area (Å²) in [4.78, 5) is 14.0. The van der Waals surface area contributed by atoms with E-state index < -0.39 is 0 Å². The molecule has 0 radical (unpaired) electrons. The standard InChI is InChI=1S/C14H19N3O.ClH/c18-14-16-13-4-2-1-3-12(13)10-17(14)9-11-5-7-15-8-6-11;/h1-4,11,15H,5-10H2,(H,16,18);1H. The van der Waals surface area contributed by atoms with Crippen LogP contribution in [-0.4, -0.2) is 30.6 Å². The van der Waals surface area contributed by atoms with E-state index in [1.54, 1.807) is 0 Å². The molecular formula is C14H20ClN3O. The highest BCUT2D eigenvalue weighted by Crippen LogP contribution is 2.24. The van der Waals surface area contributed by atoms with E-state index in [2.05, 4.69) is 16.7 Å². The number of anilines is 1. The quantitative estimate of drug-likeness (QED) is 0.875. The molecule has 0 unspecified atom stereocenters. The molecule has 0 bridgehead atoms. The summed E-state index contributed by atoms with van der Waals surface area (Å²) in [5.74, 6) is 0.641. The predicted octanol–water partition coefficient (Wildman–Crippen LogP) is 2.46. The van der Waals surface area contributed by atoms with Crippen molar-refractivity contribution in [2.45, 2.75) is 19.4 Å². The third-order valence-corrected chi connectivity index (χ3v) is 3.84. The van der Waals surface area contributed by atoms with E-state index >= 15 is 0 Å². The summed E-state index contributed by atoms with van der Waals surface area (Å²) < 4.78 is 0. The van der Waals surface area contributed by atoms with Crippen molar-refractivity contribution >= 4 is 24.1 Å². The van der Waals surface area contributed by atoms with Gasteiger partial charge in [-0.2, -0.15) is 0 Å². The maximum absolute atomic E-state index is 12.0. The number of hydrogen-bond acceptors (Lipinski definition) is 2. The van der Waals surface area contributed by atoms with Crippen molar-refractivity contribution in [1.82, 2.24) is 10.2 Å². The van der Waals surface area contributed by atoms with Crippen molar-refractivity contribution in [2.24, 2.45) is 5.92 Å². The van der Waals surface area contributed by atoms with E-state index in [0.717, 1.165) is 31.9 Å². The fraction of sp³-hybridized carbons (Fsp3) is 0.500. The Morgan fingerprint density at radius 3 is 2.74 bits per heavy atom. The van der Waals surface area contributed by atoms with Gasteiger partial charge in [0.25, 0.3) is 0 Å². The average molecular weight is 282 g/mol. The van der Waals surface area contributed by atoms with Gasteiger partial charge in [-0.3, -0.25) is 0 Å². The zero-order valence-corrected chi connectivity index (χ0v) is 11.7. The van der Waals surface area contributed by atoms with Crippen molar-refractivity contribution in [3.05, 3.63) is 29.8 Å². The van der Waals surface area contributed by atoms with Crippen LogP contribution in [0.25, 0.3) is 0 Å². The SMILES string of the molecule is Cl.O=C1Nc2ccccc2CN1CC1CCNCC1. The Balaban J connectivity index is 0.00000133. The molecule has 1 aromatic rings. The number of amides is 2. The number of rotatable bonds is 2. The van der Waals surface area contributed by atoms with Crippen molar-refractivity contribution in [3.8, 4) is 0 Å². The number of piperidine rings is 1. The van der Waals surface area contributed by atoms with Gasteiger partial charge in [0.05, 0.1) is 0 Å². The van der Waals surface area contributed by atoms with Crippen molar-refractivity contribution in [3.63, 3.8) is 0 Å². The lowest BCUT2D eigenvalue weighted by molar-refractivity contribution is 0.186. The Bertz CT molecular complexity index is 446. The van der Waals surface area contributed by atoms with Crippen LogP contribution < -0.4 is 10.6 Å². The van der Waals surface area contributed by atoms with E-state index in [0.29, 0.717) is 5.92 Å². The molecule has 1 fully saturated rings. The van der Waals surface area contributed by atoms with Crippen LogP contribution in [-0.2, 0) is 6.54 Å². The first kappa shape index (κ1) is 14.2. The third-order valence-electron chi connectivity index (χ3n) is 3.84. The van der Waals surface area contributed by atoms with Gasteiger partial charge in [-0.25, -0.2) is 4.79 Å². The Labute approximate surface area is 120 Å². The fourth-order valence-electron chi connectivity index (χ4n) is 2.78. The number of nitrogens with one attached hydrogen (secondary N) is 2. The monoisotopic (exact) mass is 281 g/mol. The number of hydrogen-bond donors (Lipinski definition) is 2. The van der Waals surface area contributed by atoms with Gasteiger partial charge in [0.2, 0.25) is 0 Å². The fourth-order valence-corrected chi connectivity index (χ4v) is 2.78. The summed E-state index contributed by atoms with van der Waals surface area (Å²) in [6, 6.07) is 8.09. The second-order valence-corrected chi connectivity index (χ2v) is 5.16. The number of nitrogens with zero attached hydrogens (tertiary/aromatic N) is 1. The lowest BCUT2D eigenvalue weighted by atomic mass is 9.97. The van der Waals surface area contributed by atoms with Crippen LogP contribution in [0.15, 0.2) is 24.3 Å². The second kappa shape index (κ2) is 6.26. The largest absolute Gasteiger partial charge is 0.322 e. The first-order valence-electron chi connectivity index (χ1n) is 6.67. The van der Waals surface area contributed by atoms with Crippen LogP contribution in [0.3, 0.4) is 0 Å². The first-order chi connectivity index (χ1) is 8.83. The molecule has 5 heteroatoms. The number of urea groups is 1. The van der Waals surface area contributed by atoms with Gasteiger partial charge in [0.1, 0.15) is 0 Å². The molecule has 0 atom stereocenters. The molecule has 19 heavy (non-hydrogen) atoms. The van der Waals surface area contributed by atoms with Crippen LogP contribution in [0.1, 0.15) is 18.4 Å². The molecule has 0 spiro atoms. The van der Waals surface area contributed by atoms with Crippen LogP contribution in [0.4, 0.5) is 10.5 Å². The minimum atomic E-state index is 0. The van der Waals surface area contributed by atoms with Gasteiger partial charge in [-0.15, -0.1) is 12.4 Å². The highest BCUT2D eigenvalue weighted by molar-refractivity contribution is 5.92. The lowest BCUT2D eigenvalue weighted by Crippen LogP contribution is -2.43. The summed E-state index contributed by atoms with van der Waals surface area (Å²) in [6.07, 6.45) is 2.34. The Hall–Kier alpha value is -1.26. The van der Waals surface area contributed by atoms with Gasteiger partial charge < -0.3 is 15.5 Å². The summed E-state index contributed by atoms with van der Waals surface area (Å²) in [6.45, 7) is 3.78. The summed E-state index contributed by atoms with van der Waals surface area (Å²) >= 11 is 0. The van der Waals surface area contributed by atoms with Gasteiger partial charge >= 0.3 is 6.03 Å².